The Balaban J connectivity index is 1.20. The number of sulfone groups is 1. The monoisotopic (exact) mass is 662 g/mol. The molecule has 7 aromatic rings. The molecule has 0 spiro atoms. The molecule has 8 rings (SSSR count). The second-order valence-corrected chi connectivity index (χ2v) is 14.7. The summed E-state index contributed by atoms with van der Waals surface area (Å²) in [7, 11) is -3.53. The molecule has 1 fully saturated rings. The summed E-state index contributed by atoms with van der Waals surface area (Å²) in [6.45, 7) is 0.700. The molecule has 4 aromatic carbocycles. The zero-order chi connectivity index (χ0) is 33.4. The second kappa shape index (κ2) is 12.8. The number of benzene rings is 4. The number of pyridine rings is 2. The van der Waals surface area contributed by atoms with Crippen molar-refractivity contribution in [2.75, 3.05) is 11.4 Å². The first-order valence-electron chi connectivity index (χ1n) is 16.5. The van der Waals surface area contributed by atoms with Gasteiger partial charge in [0.1, 0.15) is 5.65 Å². The van der Waals surface area contributed by atoms with Crippen molar-refractivity contribution in [3.05, 3.63) is 145 Å². The Labute approximate surface area is 285 Å². The van der Waals surface area contributed by atoms with Crippen LogP contribution in [0, 0.1) is 5.92 Å². The van der Waals surface area contributed by atoms with E-state index < -0.39 is 9.84 Å². The first-order chi connectivity index (χ1) is 23.9. The van der Waals surface area contributed by atoms with Gasteiger partial charge in [-0.3, -0.25) is 9.78 Å². The number of aromatic amines is 1. The number of carbonyl (C=O) groups excluding carboxylic acids is 1. The molecule has 1 amide bonds. The molecule has 3 heterocycles. The molecule has 1 saturated carbocycles. The molecule has 1 aliphatic rings. The van der Waals surface area contributed by atoms with E-state index in [2.05, 4.69) is 34.2 Å². The molecular weight excluding hydrogens is 629 g/mol. The largest absolute Gasteiger partial charge is 0.339 e. The fourth-order valence-corrected chi connectivity index (χ4v) is 7.89. The Morgan fingerprint density at radius 2 is 1.53 bits per heavy atom. The molecule has 0 aliphatic heterocycles. The highest BCUT2D eigenvalue weighted by atomic mass is 32.2. The van der Waals surface area contributed by atoms with Crippen molar-refractivity contribution in [3.63, 3.8) is 0 Å². The molecular formula is C41H34N4O3S. The van der Waals surface area contributed by atoms with Crippen LogP contribution in [0.4, 0.5) is 5.69 Å². The van der Waals surface area contributed by atoms with Gasteiger partial charge in [-0.2, -0.15) is 0 Å². The van der Waals surface area contributed by atoms with Crippen LogP contribution in [-0.2, 0) is 26.8 Å². The van der Waals surface area contributed by atoms with Gasteiger partial charge in [-0.1, -0.05) is 72.8 Å². The number of nitrogens with one attached hydrogen (secondary N) is 1. The first kappa shape index (κ1) is 30.7. The van der Waals surface area contributed by atoms with Crippen molar-refractivity contribution in [2.24, 2.45) is 5.92 Å². The van der Waals surface area contributed by atoms with Crippen LogP contribution < -0.4 is 4.90 Å². The van der Waals surface area contributed by atoms with E-state index in [0.29, 0.717) is 22.9 Å². The quantitative estimate of drug-likeness (QED) is 0.159. The van der Waals surface area contributed by atoms with Crippen LogP contribution >= 0.6 is 0 Å². The first-order valence-corrected chi connectivity index (χ1v) is 18.2. The number of nitrogens with zero attached hydrogens (tertiary/aromatic N) is 3. The van der Waals surface area contributed by atoms with Crippen LogP contribution in [0.1, 0.15) is 24.1 Å². The Kier molecular flexibility index (Phi) is 8.01. The van der Waals surface area contributed by atoms with E-state index in [4.69, 9.17) is 4.98 Å². The number of fused-ring (bicyclic) bond motifs is 3. The Morgan fingerprint density at radius 3 is 2.24 bits per heavy atom. The van der Waals surface area contributed by atoms with Crippen LogP contribution in [0.5, 0.6) is 0 Å². The van der Waals surface area contributed by atoms with Gasteiger partial charge in [0.05, 0.1) is 17.1 Å². The maximum absolute atomic E-state index is 13.5. The summed E-state index contributed by atoms with van der Waals surface area (Å²) in [6.07, 6.45) is 6.15. The predicted octanol–water partition coefficient (Wildman–Crippen LogP) is 8.40. The van der Waals surface area contributed by atoms with Crippen LogP contribution in [0.15, 0.2) is 139 Å². The fourth-order valence-electron chi connectivity index (χ4n) is 6.53. The minimum absolute atomic E-state index is 0.0373. The molecule has 3 aromatic heterocycles. The lowest BCUT2D eigenvalue weighted by molar-refractivity contribution is -0.118. The van der Waals surface area contributed by atoms with E-state index in [1.807, 2.05) is 83.9 Å². The van der Waals surface area contributed by atoms with Gasteiger partial charge >= 0.3 is 0 Å². The Hall–Kier alpha value is -5.60. The van der Waals surface area contributed by atoms with E-state index in [9.17, 15) is 13.2 Å². The number of aromatic nitrogens is 3. The van der Waals surface area contributed by atoms with Gasteiger partial charge < -0.3 is 9.88 Å². The average Bonchev–Trinajstić information content (AvgIpc) is 3.89. The van der Waals surface area contributed by atoms with Crippen LogP contribution in [-0.4, -0.2) is 35.8 Å². The SMILES string of the molecule is O=C(Cc1ccccn1)N(CC1CC1)c1ccc(-c2cnc3[nH]c4ccc(CS(=O)(=O)c5ccccc5)cc4c3c2-c2ccccc2)cc1. The lowest BCUT2D eigenvalue weighted by Gasteiger charge is -2.23. The Bertz CT molecular complexity index is 2390. The maximum atomic E-state index is 13.5. The molecule has 0 unspecified atom stereocenters. The van der Waals surface area contributed by atoms with Crippen molar-refractivity contribution in [2.45, 2.75) is 29.9 Å². The Morgan fingerprint density at radius 1 is 0.796 bits per heavy atom. The van der Waals surface area contributed by atoms with Gasteiger partial charge in [0, 0.05) is 57.7 Å². The van der Waals surface area contributed by atoms with Gasteiger partial charge in [0.2, 0.25) is 5.91 Å². The summed E-state index contributed by atoms with van der Waals surface area (Å²) in [5.41, 5.74) is 7.89. The van der Waals surface area contributed by atoms with Crippen LogP contribution in [0.25, 0.3) is 44.2 Å². The normalized spacial score (nSPS) is 13.1. The van der Waals surface area contributed by atoms with Crippen molar-refractivity contribution < 1.29 is 13.2 Å². The van der Waals surface area contributed by atoms with Crippen molar-refractivity contribution in [3.8, 4) is 22.3 Å². The van der Waals surface area contributed by atoms with Gasteiger partial charge in [-0.15, -0.1) is 0 Å². The topological polar surface area (TPSA) is 96.0 Å². The summed E-state index contributed by atoms with van der Waals surface area (Å²) in [5.74, 6) is 0.457. The third-order valence-corrected chi connectivity index (χ3v) is 10.9. The number of hydrogen-bond acceptors (Lipinski definition) is 5. The third-order valence-electron chi connectivity index (χ3n) is 9.19. The van der Waals surface area contributed by atoms with E-state index >= 15 is 0 Å². The lowest BCUT2D eigenvalue weighted by Crippen LogP contribution is -2.34. The highest BCUT2D eigenvalue weighted by Crippen LogP contribution is 2.41. The molecule has 0 bridgehead atoms. The standard InChI is InChI=1S/C41H34N4O3S/c46-38(24-32-11-7-8-22-42-32)45(26-28-14-15-28)33-19-17-30(18-20-33)36-25-43-41-40(39(36)31-9-3-1-4-10-31)35-23-29(16-21-37(35)44-41)27-49(47,48)34-12-5-2-6-13-34/h1-13,16-23,25,28H,14-15,24,26-27H2,(H,43,44). The summed E-state index contributed by atoms with van der Waals surface area (Å²) < 4.78 is 26.6. The number of rotatable bonds is 10. The number of anilines is 1. The zero-order valence-electron chi connectivity index (χ0n) is 26.8. The van der Waals surface area contributed by atoms with Crippen LogP contribution in [0.3, 0.4) is 0 Å². The van der Waals surface area contributed by atoms with E-state index in [0.717, 1.165) is 68.4 Å². The summed E-state index contributed by atoms with van der Waals surface area (Å²) in [4.78, 5) is 28.5. The van der Waals surface area contributed by atoms with E-state index in [1.54, 1.807) is 30.5 Å². The molecule has 49 heavy (non-hydrogen) atoms. The maximum Gasteiger partial charge on any atom is 0.233 e. The summed E-state index contributed by atoms with van der Waals surface area (Å²) >= 11 is 0. The highest BCUT2D eigenvalue weighted by Gasteiger charge is 2.28. The molecule has 1 N–H and O–H groups in total. The summed E-state index contributed by atoms with van der Waals surface area (Å²) in [6, 6.07) is 38.4. The zero-order valence-corrected chi connectivity index (χ0v) is 27.6. The van der Waals surface area contributed by atoms with Crippen LogP contribution in [0.2, 0.25) is 0 Å². The van der Waals surface area contributed by atoms with Gasteiger partial charge in [0.25, 0.3) is 0 Å². The number of carbonyl (C=O) groups is 1. The predicted molar refractivity (Wildman–Crippen MR) is 195 cm³/mol. The lowest BCUT2D eigenvalue weighted by atomic mass is 9.92. The number of H-pyrrole nitrogens is 1. The average molecular weight is 663 g/mol. The van der Waals surface area contributed by atoms with Gasteiger partial charge in [-0.25, -0.2) is 13.4 Å². The molecule has 0 saturated heterocycles. The van der Waals surface area contributed by atoms with Crippen molar-refractivity contribution in [1.82, 2.24) is 15.0 Å². The molecule has 0 radical (unpaired) electrons. The molecule has 1 aliphatic carbocycles. The van der Waals surface area contributed by atoms with Crippen molar-refractivity contribution >= 4 is 43.4 Å². The molecule has 242 valence electrons. The molecule has 8 heteroatoms. The number of amides is 1. The smallest absolute Gasteiger partial charge is 0.233 e. The minimum atomic E-state index is -3.53. The van der Waals surface area contributed by atoms with Gasteiger partial charge in [0.15, 0.2) is 9.84 Å². The summed E-state index contributed by atoms with van der Waals surface area (Å²) in [5, 5.41) is 1.85. The molecule has 7 nitrogen and oxygen atoms in total. The minimum Gasteiger partial charge on any atom is -0.339 e. The highest BCUT2D eigenvalue weighted by molar-refractivity contribution is 7.90. The van der Waals surface area contributed by atoms with E-state index in [-0.39, 0.29) is 18.1 Å². The van der Waals surface area contributed by atoms with E-state index in [1.165, 1.54) is 0 Å². The van der Waals surface area contributed by atoms with Crippen molar-refractivity contribution in [1.29, 1.82) is 0 Å². The molecule has 0 atom stereocenters. The third kappa shape index (κ3) is 6.35. The fraction of sp³-hybridized carbons (Fsp3) is 0.146. The van der Waals surface area contributed by atoms with Gasteiger partial charge in [-0.05, 0) is 84.0 Å². The second-order valence-electron chi connectivity index (χ2n) is 12.7. The number of hydrogen-bond donors (Lipinski definition) is 1.